The molecule has 1 unspecified atom stereocenters. The number of aryl methyl sites for hydroxylation is 1. The van der Waals surface area contributed by atoms with E-state index in [0.29, 0.717) is 41.3 Å². The molecule has 1 fully saturated rings. The summed E-state index contributed by atoms with van der Waals surface area (Å²) in [6.07, 6.45) is -2.53. The van der Waals surface area contributed by atoms with E-state index in [1.54, 1.807) is 23.5 Å². The van der Waals surface area contributed by atoms with E-state index in [0.717, 1.165) is 38.9 Å². The van der Waals surface area contributed by atoms with Gasteiger partial charge in [-0.05, 0) is 79.1 Å². The van der Waals surface area contributed by atoms with Crippen LogP contribution < -0.4 is 9.64 Å². The summed E-state index contributed by atoms with van der Waals surface area (Å²) in [5, 5.41) is 17.4. The fourth-order valence-corrected chi connectivity index (χ4v) is 7.16. The molecule has 0 amide bonds. The standard InChI is InChI=1S/C36H41F3N6O2S2/c1-23(2)20-48-33(42-34-45(35(6,46)21-49-34)31-19-25(5)7-16-30(31)24(3)4)40-18-17-26-8-10-27(11-9-26)32-41-22-44(43-32)28-12-14-29(15-13-28)47-36(37,38)39/h7-16,19,22-24,46H,17-18,20-21H2,1-6H3/b40-33-,42-34-. The number of nitrogens with zero attached hydrogens (tertiary/aromatic N) is 6. The maximum absolute atomic E-state index is 12.5. The van der Waals surface area contributed by atoms with Gasteiger partial charge >= 0.3 is 6.36 Å². The van der Waals surface area contributed by atoms with Gasteiger partial charge in [0.15, 0.2) is 21.9 Å². The van der Waals surface area contributed by atoms with Crippen LogP contribution in [0, 0.1) is 12.8 Å². The predicted octanol–water partition coefficient (Wildman–Crippen LogP) is 8.87. The maximum Gasteiger partial charge on any atom is 0.573 e. The average molecular weight is 711 g/mol. The van der Waals surface area contributed by atoms with Crippen molar-refractivity contribution in [2.24, 2.45) is 15.9 Å². The number of benzene rings is 3. The molecule has 0 spiro atoms. The van der Waals surface area contributed by atoms with E-state index in [1.807, 2.05) is 36.1 Å². The monoisotopic (exact) mass is 710 g/mol. The number of aromatic nitrogens is 3. The molecule has 0 aliphatic carbocycles. The summed E-state index contributed by atoms with van der Waals surface area (Å²) in [6, 6.07) is 19.7. The highest BCUT2D eigenvalue weighted by molar-refractivity contribution is 8.15. The Bertz CT molecular complexity index is 1790. The zero-order valence-corrected chi connectivity index (χ0v) is 30.0. The van der Waals surface area contributed by atoms with Gasteiger partial charge in [-0.3, -0.25) is 9.89 Å². The molecule has 1 atom stereocenters. The molecule has 8 nitrogen and oxygen atoms in total. The van der Waals surface area contributed by atoms with Gasteiger partial charge in [-0.1, -0.05) is 87.6 Å². The number of rotatable bonds is 10. The zero-order chi connectivity index (χ0) is 35.3. The van der Waals surface area contributed by atoms with Crippen LogP contribution in [-0.2, 0) is 6.42 Å². The highest BCUT2D eigenvalue weighted by atomic mass is 32.2. The molecule has 260 valence electrons. The summed E-state index contributed by atoms with van der Waals surface area (Å²) in [5.41, 5.74) is 4.63. The molecule has 0 bridgehead atoms. The summed E-state index contributed by atoms with van der Waals surface area (Å²) in [7, 11) is 0. The molecule has 0 radical (unpaired) electrons. The quantitative estimate of drug-likeness (QED) is 0.130. The van der Waals surface area contributed by atoms with Crippen LogP contribution in [0.2, 0.25) is 0 Å². The molecule has 2 heterocycles. The Hall–Kier alpha value is -3.81. The van der Waals surface area contributed by atoms with Crippen molar-refractivity contribution in [1.29, 1.82) is 0 Å². The third kappa shape index (κ3) is 9.67. The molecule has 0 saturated carbocycles. The summed E-state index contributed by atoms with van der Waals surface area (Å²) in [5.74, 6) is 2.31. The van der Waals surface area contributed by atoms with Gasteiger partial charge in [0.1, 0.15) is 12.1 Å². The fraction of sp³-hybridized carbons (Fsp3) is 0.389. The van der Waals surface area contributed by atoms with Crippen molar-refractivity contribution in [3.63, 3.8) is 0 Å². The number of aliphatic imine (C=N–C) groups is 2. The molecule has 1 aliphatic rings. The van der Waals surface area contributed by atoms with Crippen molar-refractivity contribution in [2.45, 2.75) is 66.0 Å². The van der Waals surface area contributed by atoms with Gasteiger partial charge in [0, 0.05) is 29.3 Å². The van der Waals surface area contributed by atoms with Crippen LogP contribution in [0.1, 0.15) is 57.2 Å². The summed E-state index contributed by atoms with van der Waals surface area (Å²) in [6.45, 7) is 13.1. The van der Waals surface area contributed by atoms with E-state index in [-0.39, 0.29) is 11.7 Å². The Morgan fingerprint density at radius 3 is 2.43 bits per heavy atom. The third-order valence-electron chi connectivity index (χ3n) is 7.62. The molecule has 5 rings (SSSR count). The summed E-state index contributed by atoms with van der Waals surface area (Å²) < 4.78 is 42.9. The van der Waals surface area contributed by atoms with Gasteiger partial charge in [-0.2, -0.15) is 4.99 Å². The lowest BCUT2D eigenvalue weighted by molar-refractivity contribution is -0.274. The Kier molecular flexibility index (Phi) is 11.5. The fourth-order valence-electron chi connectivity index (χ4n) is 5.17. The first-order valence-electron chi connectivity index (χ1n) is 16.1. The average Bonchev–Trinajstić information content (AvgIpc) is 3.63. The van der Waals surface area contributed by atoms with E-state index in [2.05, 4.69) is 67.6 Å². The maximum atomic E-state index is 12.5. The Morgan fingerprint density at radius 2 is 1.78 bits per heavy atom. The van der Waals surface area contributed by atoms with Gasteiger partial charge in [0.25, 0.3) is 0 Å². The number of anilines is 1. The second-order valence-corrected chi connectivity index (χ2v) is 14.8. The molecular weight excluding hydrogens is 670 g/mol. The lowest BCUT2D eigenvalue weighted by Crippen LogP contribution is -2.45. The van der Waals surface area contributed by atoms with Gasteiger partial charge in [-0.25, -0.2) is 9.67 Å². The number of thioether (sulfide) groups is 2. The number of amidine groups is 2. The Labute approximate surface area is 293 Å². The smallest absolute Gasteiger partial charge is 0.406 e. The molecular formula is C36H41F3N6O2S2. The zero-order valence-electron chi connectivity index (χ0n) is 28.4. The minimum absolute atomic E-state index is 0.280. The van der Waals surface area contributed by atoms with Gasteiger partial charge < -0.3 is 9.84 Å². The van der Waals surface area contributed by atoms with Gasteiger partial charge in [0.05, 0.1) is 5.69 Å². The molecule has 4 aromatic rings. The van der Waals surface area contributed by atoms with Crippen molar-refractivity contribution >= 4 is 39.5 Å². The number of alkyl halides is 3. The van der Waals surface area contributed by atoms with Crippen molar-refractivity contribution in [3.05, 3.63) is 89.7 Å². The number of aliphatic hydroxyl groups is 1. The molecule has 1 aliphatic heterocycles. The highest BCUT2D eigenvalue weighted by Gasteiger charge is 2.41. The molecule has 49 heavy (non-hydrogen) atoms. The topological polar surface area (TPSA) is 88.1 Å². The second-order valence-electron chi connectivity index (χ2n) is 12.8. The van der Waals surface area contributed by atoms with E-state index in [9.17, 15) is 18.3 Å². The lowest BCUT2D eigenvalue weighted by Gasteiger charge is -2.33. The van der Waals surface area contributed by atoms with Gasteiger partial charge in [-0.15, -0.1) is 18.3 Å². The number of hydrogen-bond acceptors (Lipinski definition) is 7. The van der Waals surface area contributed by atoms with Crippen LogP contribution in [0.15, 0.2) is 83.0 Å². The molecule has 13 heteroatoms. The largest absolute Gasteiger partial charge is 0.573 e. The molecule has 1 aromatic heterocycles. The Balaban J connectivity index is 1.29. The minimum atomic E-state index is -4.75. The van der Waals surface area contributed by atoms with Crippen LogP contribution in [0.4, 0.5) is 18.9 Å². The molecule has 1 saturated heterocycles. The first kappa shape index (κ1) is 36.5. The summed E-state index contributed by atoms with van der Waals surface area (Å²) >= 11 is 3.18. The van der Waals surface area contributed by atoms with E-state index >= 15 is 0 Å². The normalized spacial score (nSPS) is 17.9. The first-order chi connectivity index (χ1) is 23.2. The molecule has 3 aromatic carbocycles. The first-order valence-corrected chi connectivity index (χ1v) is 18.0. The van der Waals surface area contributed by atoms with Crippen LogP contribution in [0.3, 0.4) is 0 Å². The molecule has 1 N–H and O–H groups in total. The minimum Gasteiger partial charge on any atom is -0.406 e. The second kappa shape index (κ2) is 15.4. The van der Waals surface area contributed by atoms with Crippen LogP contribution in [-0.4, -0.2) is 60.3 Å². The van der Waals surface area contributed by atoms with Crippen LogP contribution in [0.25, 0.3) is 17.1 Å². The summed E-state index contributed by atoms with van der Waals surface area (Å²) in [4.78, 5) is 16.3. The number of hydrogen-bond donors (Lipinski definition) is 1. The van der Waals surface area contributed by atoms with E-state index in [4.69, 9.17) is 9.98 Å². The van der Waals surface area contributed by atoms with Crippen LogP contribution >= 0.6 is 23.5 Å². The van der Waals surface area contributed by atoms with Crippen molar-refractivity contribution < 1.29 is 23.0 Å². The van der Waals surface area contributed by atoms with Crippen LogP contribution in [0.5, 0.6) is 5.75 Å². The SMILES string of the molecule is Cc1ccc(C(C)C)c(N2/C(=N/C(=N/CCc3ccc(-c4ncn(-c5ccc(OC(F)(F)F)cc5)n4)cc3)SCC(C)C)SCC2(C)O)c1. The van der Waals surface area contributed by atoms with E-state index < -0.39 is 12.1 Å². The Morgan fingerprint density at radius 1 is 1.06 bits per heavy atom. The highest BCUT2D eigenvalue weighted by Crippen LogP contribution is 2.40. The van der Waals surface area contributed by atoms with E-state index in [1.165, 1.54) is 35.3 Å². The van der Waals surface area contributed by atoms with Crippen molar-refractivity contribution in [2.75, 3.05) is 23.0 Å². The van der Waals surface area contributed by atoms with Gasteiger partial charge in [0.2, 0.25) is 0 Å². The number of halogens is 3. The predicted molar refractivity (Wildman–Crippen MR) is 195 cm³/mol. The van der Waals surface area contributed by atoms with Crippen molar-refractivity contribution in [1.82, 2.24) is 14.8 Å². The third-order valence-corrected chi connectivity index (χ3v) is 10.2. The lowest BCUT2D eigenvalue weighted by atomic mass is 9.98. The van der Waals surface area contributed by atoms with Crippen molar-refractivity contribution in [3.8, 4) is 22.8 Å². The number of ether oxygens (including phenoxy) is 1.